The first-order valence-corrected chi connectivity index (χ1v) is 13.9. The summed E-state index contributed by atoms with van der Waals surface area (Å²) >= 11 is 6.21. The second-order valence-electron chi connectivity index (χ2n) is 12.7. The van der Waals surface area contributed by atoms with E-state index in [0.29, 0.717) is 38.7 Å². The largest absolute Gasteiger partial charge is 0.495 e. The van der Waals surface area contributed by atoms with Crippen LogP contribution in [0.15, 0.2) is 59.5 Å². The number of aromatic nitrogens is 1. The van der Waals surface area contributed by atoms with Crippen LogP contribution in [-0.2, 0) is 9.53 Å². The van der Waals surface area contributed by atoms with Crippen LogP contribution in [-0.4, -0.2) is 68.4 Å². The molecule has 0 spiro atoms. The monoisotopic (exact) mass is 581 g/mol. The third-order valence-electron chi connectivity index (χ3n) is 7.59. The first-order chi connectivity index (χ1) is 19.4. The van der Waals surface area contributed by atoms with E-state index in [1.807, 2.05) is 39.2 Å². The topological polar surface area (TPSA) is 110 Å². The molecule has 0 aliphatic heterocycles. The molecule has 1 amide bonds. The number of pyridine rings is 1. The van der Waals surface area contributed by atoms with Crippen LogP contribution in [0.3, 0.4) is 0 Å². The molecule has 2 aromatic carbocycles. The second kappa shape index (κ2) is 12.2. The van der Waals surface area contributed by atoms with Gasteiger partial charge < -0.3 is 19.4 Å². The minimum atomic E-state index is -0.965. The van der Waals surface area contributed by atoms with Crippen molar-refractivity contribution in [1.82, 2.24) is 4.57 Å². The number of nitrogens with zero attached hydrogens (tertiary/aromatic N) is 2. The molecule has 0 saturated heterocycles. The summed E-state index contributed by atoms with van der Waals surface area (Å²) in [5, 5.41) is 11.8. The van der Waals surface area contributed by atoms with E-state index in [2.05, 4.69) is 11.4 Å². The quantitative estimate of drug-likeness (QED) is 0.308. The van der Waals surface area contributed by atoms with Crippen molar-refractivity contribution in [1.29, 1.82) is 5.26 Å². The van der Waals surface area contributed by atoms with Crippen molar-refractivity contribution in [3.63, 3.8) is 0 Å². The summed E-state index contributed by atoms with van der Waals surface area (Å²) in [6.07, 6.45) is 1.50. The zero-order valence-electron chi connectivity index (χ0n) is 25.6. The highest BCUT2D eigenvalue weighted by Gasteiger charge is 2.44. The number of amides is 1. The van der Waals surface area contributed by atoms with Crippen LogP contribution in [0, 0.1) is 11.3 Å². The molecule has 1 heterocycles. The smallest absolute Gasteiger partial charge is 0.338 e. The van der Waals surface area contributed by atoms with Crippen LogP contribution in [0.1, 0.15) is 42.7 Å². The fourth-order valence-electron chi connectivity index (χ4n) is 4.39. The fourth-order valence-corrected chi connectivity index (χ4v) is 4.56. The van der Waals surface area contributed by atoms with Crippen LogP contribution >= 0.6 is 11.6 Å². The maximum atomic E-state index is 14.0. The Labute approximate surface area is 256 Å². The molecule has 0 radical (unpaired) electrons. The maximum Gasteiger partial charge on any atom is 0.338 e. The number of ether oxygens (including phenoxy) is 2. The van der Waals surface area contributed by atoms with Crippen LogP contribution in [0.5, 0.6) is 5.75 Å². The van der Waals surface area contributed by atoms with E-state index in [1.165, 1.54) is 23.9 Å². The predicted molar refractivity (Wildman–Crippen MR) is 180 cm³/mol. The van der Waals surface area contributed by atoms with Crippen molar-refractivity contribution in [2.24, 2.45) is 0 Å². The number of halogens is 1. The van der Waals surface area contributed by atoms with Gasteiger partial charge in [0, 0.05) is 27.9 Å². The SMILES string of the molecule is BC(B)(B)C(B)(B)C(C(=O)Nc1ccc(C(=O)OC(C)(C)C)cc1)n1cc(OC)c(-c2cc(Cl)ccc2C#N)cc1=O. The Kier molecular flexibility index (Phi) is 9.53. The molecule has 42 heavy (non-hydrogen) atoms. The third-order valence-corrected chi connectivity index (χ3v) is 7.82. The van der Waals surface area contributed by atoms with Gasteiger partial charge in [0.2, 0.25) is 5.91 Å². The molecule has 212 valence electrons. The van der Waals surface area contributed by atoms with Gasteiger partial charge in [0.25, 0.3) is 5.56 Å². The average molecular weight is 581 g/mol. The number of nitrogens with one attached hydrogen (secondary N) is 1. The lowest BCUT2D eigenvalue weighted by Gasteiger charge is -2.45. The Hall–Kier alpha value is -3.77. The normalized spacial score (nSPS) is 12.6. The van der Waals surface area contributed by atoms with E-state index in [4.69, 9.17) is 21.1 Å². The number of hydrogen-bond acceptors (Lipinski definition) is 6. The van der Waals surface area contributed by atoms with Gasteiger partial charge in [-0.05, 0) is 63.2 Å². The summed E-state index contributed by atoms with van der Waals surface area (Å²) in [5.41, 5.74) is 0.889. The van der Waals surface area contributed by atoms with E-state index >= 15 is 0 Å². The minimum absolute atomic E-state index is 0.303. The van der Waals surface area contributed by atoms with Crippen molar-refractivity contribution in [2.45, 2.75) is 42.7 Å². The lowest BCUT2D eigenvalue weighted by atomic mass is 9.21. The molecule has 1 unspecified atom stereocenters. The highest BCUT2D eigenvalue weighted by molar-refractivity contribution is 6.67. The zero-order valence-corrected chi connectivity index (χ0v) is 26.3. The maximum absolute atomic E-state index is 14.0. The molecular formula is C28H33B5ClN3O5. The van der Waals surface area contributed by atoms with Gasteiger partial charge in [-0.2, -0.15) is 5.26 Å². The second-order valence-corrected chi connectivity index (χ2v) is 13.2. The van der Waals surface area contributed by atoms with Crippen molar-refractivity contribution in [3.8, 4) is 22.9 Å². The molecule has 8 nitrogen and oxygen atoms in total. The van der Waals surface area contributed by atoms with Crippen LogP contribution in [0.25, 0.3) is 11.1 Å². The molecule has 0 aliphatic rings. The summed E-state index contributed by atoms with van der Waals surface area (Å²) in [6.45, 7) is 5.37. The fraction of sp³-hybridized carbons (Fsp3) is 0.286. The van der Waals surface area contributed by atoms with E-state index in [9.17, 15) is 19.6 Å². The summed E-state index contributed by atoms with van der Waals surface area (Å²) in [6, 6.07) is 13.7. The third kappa shape index (κ3) is 7.17. The summed E-state index contributed by atoms with van der Waals surface area (Å²) < 4.78 is 12.5. The number of methoxy groups -OCH3 is 1. The number of carbonyl (C=O) groups is 2. The van der Waals surface area contributed by atoms with E-state index < -0.39 is 39.4 Å². The Morgan fingerprint density at radius 1 is 1.00 bits per heavy atom. The summed E-state index contributed by atoms with van der Waals surface area (Å²) in [5.74, 6) is -0.583. The lowest BCUT2D eigenvalue weighted by Crippen LogP contribution is -2.47. The van der Waals surface area contributed by atoms with E-state index in [1.54, 1.807) is 63.2 Å². The molecule has 0 bridgehead atoms. The van der Waals surface area contributed by atoms with Crippen LogP contribution in [0.2, 0.25) is 15.3 Å². The van der Waals surface area contributed by atoms with E-state index in [-0.39, 0.29) is 0 Å². The Morgan fingerprint density at radius 3 is 2.14 bits per heavy atom. The van der Waals surface area contributed by atoms with Crippen molar-refractivity contribution in [2.75, 3.05) is 12.4 Å². The van der Waals surface area contributed by atoms with Crippen LogP contribution in [0.4, 0.5) is 5.69 Å². The van der Waals surface area contributed by atoms with Crippen LogP contribution < -0.4 is 15.6 Å². The standard InChI is InChI=1S/C28H33B5ClN3O5/c1-26(2,3)42-25(40)15-6-9-18(10-7-15)36-24(39)23(27(29,30)28(31,32)33)37-14-21(41-4)20(12-22(37)38)19-11-17(34)8-5-16(19)13-35/h5-12,14,23H,29-33H2,1-4H3,(H,36,39). The number of hydrogen-bond donors (Lipinski definition) is 1. The number of rotatable bonds is 8. The molecule has 3 aromatic rings. The number of benzene rings is 2. The first-order valence-electron chi connectivity index (χ1n) is 13.5. The zero-order chi connectivity index (χ0) is 31.6. The molecular weight excluding hydrogens is 548 g/mol. The minimum Gasteiger partial charge on any atom is -0.495 e. The number of esters is 1. The summed E-state index contributed by atoms with van der Waals surface area (Å²) in [7, 11) is 11.3. The molecule has 14 heteroatoms. The van der Waals surface area contributed by atoms with Gasteiger partial charge in [-0.15, -0.1) is 5.11 Å². The number of nitriles is 1. The molecule has 3 rings (SSSR count). The van der Waals surface area contributed by atoms with Gasteiger partial charge in [0.1, 0.15) is 33.1 Å². The Bertz CT molecular complexity index is 1610. The van der Waals surface area contributed by atoms with Gasteiger partial charge in [-0.3, -0.25) is 9.59 Å². The highest BCUT2D eigenvalue weighted by Crippen LogP contribution is 2.48. The lowest BCUT2D eigenvalue weighted by molar-refractivity contribution is -0.119. The molecule has 1 aromatic heterocycles. The average Bonchev–Trinajstić information content (AvgIpc) is 2.88. The summed E-state index contributed by atoms with van der Waals surface area (Å²) in [4.78, 5) is 40.2. The Morgan fingerprint density at radius 2 is 1.62 bits per heavy atom. The Balaban J connectivity index is 2.09. The van der Waals surface area contributed by atoms with Crippen molar-refractivity contribution >= 4 is 68.4 Å². The van der Waals surface area contributed by atoms with Gasteiger partial charge >= 0.3 is 5.97 Å². The number of carbonyl (C=O) groups excluding carboxylic acids is 2. The van der Waals surface area contributed by atoms with Gasteiger partial charge in [0.05, 0.1) is 54.0 Å². The molecule has 0 aliphatic carbocycles. The van der Waals surface area contributed by atoms with Crippen molar-refractivity contribution in [3.05, 3.63) is 81.2 Å². The van der Waals surface area contributed by atoms with E-state index in [0.717, 1.165) is 0 Å². The number of anilines is 1. The van der Waals surface area contributed by atoms with Gasteiger partial charge in [0.15, 0.2) is 0 Å². The molecule has 1 N–H and O–H groups in total. The first kappa shape index (κ1) is 32.7. The molecule has 0 fully saturated rings. The van der Waals surface area contributed by atoms with Gasteiger partial charge in [-0.1, -0.05) is 16.8 Å². The van der Waals surface area contributed by atoms with Crippen molar-refractivity contribution < 1.29 is 19.1 Å². The molecule has 1 atom stereocenters. The molecule has 0 saturated carbocycles. The highest BCUT2D eigenvalue weighted by atomic mass is 35.5. The van der Waals surface area contributed by atoms with Gasteiger partial charge in [-0.25, -0.2) is 4.79 Å². The predicted octanol–water partition coefficient (Wildman–Crippen LogP) is 0.539.